The molecule has 0 saturated carbocycles. The lowest BCUT2D eigenvalue weighted by atomic mass is 10.2. The first-order chi connectivity index (χ1) is 8.16. The third-order valence-electron chi connectivity index (χ3n) is 2.47. The summed E-state index contributed by atoms with van der Waals surface area (Å²) in [6.45, 7) is 1.48. The number of halogens is 1. The van der Waals surface area contributed by atoms with Crippen molar-refractivity contribution >= 4 is 22.4 Å². The smallest absolute Gasteiger partial charge is 0.221 e. The monoisotopic (exact) mass is 250 g/mol. The number of benzene rings is 1. The standard InChI is InChI=1S/C13H15ClN2O/c1-16(2)7-8-17-13-12-9-11(14)4-3-10(12)5-6-15-13/h3-6,9H,7-8H2,1-2H3. The summed E-state index contributed by atoms with van der Waals surface area (Å²) < 4.78 is 5.67. The molecule has 0 atom stereocenters. The van der Waals surface area contributed by atoms with Crippen LogP contribution < -0.4 is 4.74 Å². The third-order valence-corrected chi connectivity index (χ3v) is 2.70. The Morgan fingerprint density at radius 3 is 2.88 bits per heavy atom. The van der Waals surface area contributed by atoms with Crippen molar-refractivity contribution in [1.82, 2.24) is 9.88 Å². The fraction of sp³-hybridized carbons (Fsp3) is 0.308. The molecule has 2 rings (SSSR count). The Kier molecular flexibility index (Phi) is 3.82. The second kappa shape index (κ2) is 5.34. The molecule has 0 aliphatic rings. The molecule has 17 heavy (non-hydrogen) atoms. The van der Waals surface area contributed by atoms with Crippen molar-refractivity contribution in [3.63, 3.8) is 0 Å². The minimum atomic E-state index is 0.617. The van der Waals surface area contributed by atoms with Crippen molar-refractivity contribution < 1.29 is 4.74 Å². The van der Waals surface area contributed by atoms with Gasteiger partial charge < -0.3 is 9.64 Å². The average Bonchev–Trinajstić information content (AvgIpc) is 2.29. The average molecular weight is 251 g/mol. The number of aromatic nitrogens is 1. The lowest BCUT2D eigenvalue weighted by molar-refractivity contribution is 0.256. The highest BCUT2D eigenvalue weighted by Gasteiger charge is 2.04. The zero-order valence-corrected chi connectivity index (χ0v) is 10.7. The summed E-state index contributed by atoms with van der Waals surface area (Å²) >= 11 is 5.98. The molecule has 1 aromatic heterocycles. The van der Waals surface area contributed by atoms with E-state index in [1.165, 1.54) is 0 Å². The molecule has 1 aromatic carbocycles. The predicted octanol–water partition coefficient (Wildman–Crippen LogP) is 2.83. The lowest BCUT2D eigenvalue weighted by Gasteiger charge is -2.11. The Balaban J connectivity index is 2.24. The Morgan fingerprint density at radius 1 is 1.29 bits per heavy atom. The summed E-state index contributed by atoms with van der Waals surface area (Å²) in [6, 6.07) is 7.67. The molecule has 4 heteroatoms. The maximum Gasteiger partial charge on any atom is 0.221 e. The highest BCUT2D eigenvalue weighted by Crippen LogP contribution is 2.25. The first-order valence-electron chi connectivity index (χ1n) is 5.48. The van der Waals surface area contributed by atoms with Crippen LogP contribution in [0.25, 0.3) is 10.8 Å². The van der Waals surface area contributed by atoms with Crippen LogP contribution >= 0.6 is 11.6 Å². The van der Waals surface area contributed by atoms with Gasteiger partial charge in [0.1, 0.15) is 6.61 Å². The summed E-state index contributed by atoms with van der Waals surface area (Å²) in [5, 5.41) is 2.74. The van der Waals surface area contributed by atoms with Gasteiger partial charge in [-0.05, 0) is 37.7 Å². The summed E-state index contributed by atoms with van der Waals surface area (Å²) in [5.74, 6) is 0.645. The second-order valence-electron chi connectivity index (χ2n) is 4.13. The second-order valence-corrected chi connectivity index (χ2v) is 4.57. The number of ether oxygens (including phenoxy) is 1. The number of nitrogens with zero attached hydrogens (tertiary/aromatic N) is 2. The molecule has 0 spiro atoms. The normalized spacial score (nSPS) is 11.1. The van der Waals surface area contributed by atoms with Crippen LogP contribution in [-0.4, -0.2) is 37.1 Å². The van der Waals surface area contributed by atoms with Crippen LogP contribution in [-0.2, 0) is 0 Å². The van der Waals surface area contributed by atoms with E-state index in [4.69, 9.17) is 16.3 Å². The van der Waals surface area contributed by atoms with Gasteiger partial charge in [-0.15, -0.1) is 0 Å². The van der Waals surface area contributed by atoms with Crippen molar-refractivity contribution in [2.24, 2.45) is 0 Å². The molecule has 0 unspecified atom stereocenters. The summed E-state index contributed by atoms with van der Waals surface area (Å²) in [4.78, 5) is 6.31. The van der Waals surface area contributed by atoms with Crippen LogP contribution in [0.4, 0.5) is 0 Å². The minimum Gasteiger partial charge on any atom is -0.476 e. The largest absolute Gasteiger partial charge is 0.476 e. The van der Waals surface area contributed by atoms with E-state index in [1.54, 1.807) is 6.20 Å². The Morgan fingerprint density at radius 2 is 2.12 bits per heavy atom. The van der Waals surface area contributed by atoms with Gasteiger partial charge in [0, 0.05) is 23.2 Å². The molecule has 3 nitrogen and oxygen atoms in total. The van der Waals surface area contributed by atoms with Gasteiger partial charge in [-0.1, -0.05) is 17.7 Å². The number of likely N-dealkylation sites (N-methyl/N-ethyl adjacent to an activating group) is 1. The molecule has 2 aromatic rings. The van der Waals surface area contributed by atoms with E-state index in [0.29, 0.717) is 17.5 Å². The number of pyridine rings is 1. The summed E-state index contributed by atoms with van der Waals surface area (Å²) in [6.07, 6.45) is 1.75. The number of hydrogen-bond donors (Lipinski definition) is 0. The molecule has 0 aliphatic heterocycles. The van der Waals surface area contributed by atoms with E-state index in [0.717, 1.165) is 17.3 Å². The summed E-state index contributed by atoms with van der Waals surface area (Å²) in [7, 11) is 4.02. The first kappa shape index (κ1) is 12.1. The van der Waals surface area contributed by atoms with Crippen LogP contribution in [0.1, 0.15) is 0 Å². The quantitative estimate of drug-likeness (QED) is 0.834. The molecule has 0 aliphatic carbocycles. The van der Waals surface area contributed by atoms with Crippen LogP contribution in [0.2, 0.25) is 5.02 Å². The zero-order chi connectivity index (χ0) is 12.3. The fourth-order valence-corrected chi connectivity index (χ4v) is 1.73. The highest BCUT2D eigenvalue weighted by molar-refractivity contribution is 6.31. The molecule has 0 radical (unpaired) electrons. The molecular formula is C13H15ClN2O. The first-order valence-corrected chi connectivity index (χ1v) is 5.86. The van der Waals surface area contributed by atoms with Gasteiger partial charge in [0.2, 0.25) is 5.88 Å². The molecule has 0 bridgehead atoms. The van der Waals surface area contributed by atoms with Gasteiger partial charge in [0.05, 0.1) is 0 Å². The predicted molar refractivity (Wildman–Crippen MR) is 70.8 cm³/mol. The van der Waals surface area contributed by atoms with Crippen molar-refractivity contribution in [2.45, 2.75) is 0 Å². The van der Waals surface area contributed by atoms with Gasteiger partial charge in [0.15, 0.2) is 0 Å². The van der Waals surface area contributed by atoms with Gasteiger partial charge in [-0.2, -0.15) is 0 Å². The lowest BCUT2D eigenvalue weighted by Crippen LogP contribution is -2.19. The van der Waals surface area contributed by atoms with E-state index in [2.05, 4.69) is 9.88 Å². The Labute approximate surface area is 106 Å². The SMILES string of the molecule is CN(C)CCOc1nccc2ccc(Cl)cc12. The molecule has 1 heterocycles. The highest BCUT2D eigenvalue weighted by atomic mass is 35.5. The van der Waals surface area contributed by atoms with Gasteiger partial charge >= 0.3 is 0 Å². The molecule has 0 N–H and O–H groups in total. The Bertz CT molecular complexity index is 514. The molecule has 0 saturated heterocycles. The van der Waals surface area contributed by atoms with Crippen molar-refractivity contribution in [3.05, 3.63) is 35.5 Å². The topological polar surface area (TPSA) is 25.4 Å². The van der Waals surface area contributed by atoms with Crippen molar-refractivity contribution in [2.75, 3.05) is 27.2 Å². The maximum absolute atomic E-state index is 5.98. The minimum absolute atomic E-state index is 0.617. The number of rotatable bonds is 4. The zero-order valence-electron chi connectivity index (χ0n) is 9.98. The van der Waals surface area contributed by atoms with Crippen molar-refractivity contribution in [1.29, 1.82) is 0 Å². The van der Waals surface area contributed by atoms with E-state index in [9.17, 15) is 0 Å². The van der Waals surface area contributed by atoms with Crippen LogP contribution in [0.5, 0.6) is 5.88 Å². The fourth-order valence-electron chi connectivity index (χ4n) is 1.55. The van der Waals surface area contributed by atoms with E-state index in [-0.39, 0.29) is 0 Å². The van der Waals surface area contributed by atoms with Crippen molar-refractivity contribution in [3.8, 4) is 5.88 Å². The summed E-state index contributed by atoms with van der Waals surface area (Å²) in [5.41, 5.74) is 0. The molecule has 90 valence electrons. The van der Waals surface area contributed by atoms with Crippen LogP contribution in [0.15, 0.2) is 30.5 Å². The number of hydrogen-bond acceptors (Lipinski definition) is 3. The van der Waals surface area contributed by atoms with E-state index in [1.807, 2.05) is 38.4 Å². The van der Waals surface area contributed by atoms with Crippen LogP contribution in [0.3, 0.4) is 0 Å². The Hall–Kier alpha value is -1.32. The van der Waals surface area contributed by atoms with Gasteiger partial charge in [-0.25, -0.2) is 4.98 Å². The molecule has 0 amide bonds. The molecular weight excluding hydrogens is 236 g/mol. The number of fused-ring (bicyclic) bond motifs is 1. The van der Waals surface area contributed by atoms with Gasteiger partial charge in [0.25, 0.3) is 0 Å². The van der Waals surface area contributed by atoms with Gasteiger partial charge in [-0.3, -0.25) is 0 Å². The maximum atomic E-state index is 5.98. The van der Waals surface area contributed by atoms with E-state index < -0.39 is 0 Å². The van der Waals surface area contributed by atoms with Crippen LogP contribution in [0, 0.1) is 0 Å². The third kappa shape index (κ3) is 3.08. The molecule has 0 fully saturated rings. The van der Waals surface area contributed by atoms with E-state index >= 15 is 0 Å².